The fourth-order valence-electron chi connectivity index (χ4n) is 3.47. The second-order valence-electron chi connectivity index (χ2n) is 6.82. The van der Waals surface area contributed by atoms with Gasteiger partial charge in [0.15, 0.2) is 0 Å². The van der Waals surface area contributed by atoms with Gasteiger partial charge in [0.25, 0.3) is 5.91 Å². The van der Waals surface area contributed by atoms with Crippen LogP contribution in [0.5, 0.6) is 0 Å². The summed E-state index contributed by atoms with van der Waals surface area (Å²) in [4.78, 5) is 18.3. The van der Waals surface area contributed by atoms with E-state index in [1.165, 1.54) is 18.3 Å². The van der Waals surface area contributed by atoms with Crippen molar-refractivity contribution in [2.45, 2.75) is 48.2 Å². The van der Waals surface area contributed by atoms with Gasteiger partial charge in [0.2, 0.25) is 0 Å². The molecule has 2 fully saturated rings. The SMILES string of the molecule is O=C(c1cccnc1SC(F)(F)F)N1CCC[C@@H](c2nncn2C2CC2)C1. The van der Waals surface area contributed by atoms with Crippen LogP contribution in [0.1, 0.15) is 53.8 Å². The molecule has 0 unspecified atom stereocenters. The first kappa shape index (κ1) is 18.3. The Balaban J connectivity index is 1.53. The van der Waals surface area contributed by atoms with E-state index in [2.05, 4.69) is 19.7 Å². The quantitative estimate of drug-likeness (QED) is 0.737. The molecule has 1 saturated heterocycles. The van der Waals surface area contributed by atoms with Crippen LogP contribution in [0.3, 0.4) is 0 Å². The van der Waals surface area contributed by atoms with E-state index in [1.54, 1.807) is 11.2 Å². The Hall–Kier alpha value is -2.10. The van der Waals surface area contributed by atoms with Crippen molar-refractivity contribution in [1.82, 2.24) is 24.6 Å². The maximum atomic E-state index is 12.9. The number of halogens is 3. The van der Waals surface area contributed by atoms with Crippen LogP contribution in [0.25, 0.3) is 0 Å². The largest absolute Gasteiger partial charge is 0.447 e. The van der Waals surface area contributed by atoms with Gasteiger partial charge in [0, 0.05) is 43.0 Å². The normalized spacial score (nSPS) is 20.7. The van der Waals surface area contributed by atoms with E-state index in [0.29, 0.717) is 19.1 Å². The Kier molecular flexibility index (Phi) is 4.83. The molecule has 1 aliphatic carbocycles. The van der Waals surface area contributed by atoms with Gasteiger partial charge in [0.05, 0.1) is 5.56 Å². The first-order chi connectivity index (χ1) is 12.9. The molecule has 2 aliphatic rings. The van der Waals surface area contributed by atoms with Crippen molar-refractivity contribution in [2.24, 2.45) is 0 Å². The van der Waals surface area contributed by atoms with Crippen LogP contribution in [0.4, 0.5) is 13.2 Å². The minimum atomic E-state index is -4.49. The zero-order valence-electron chi connectivity index (χ0n) is 14.4. The second-order valence-corrected chi connectivity index (χ2v) is 7.88. The number of aromatic nitrogens is 4. The Bertz CT molecular complexity index is 836. The Morgan fingerprint density at radius 3 is 2.81 bits per heavy atom. The molecule has 4 rings (SSSR count). The molecule has 2 aromatic heterocycles. The first-order valence-electron chi connectivity index (χ1n) is 8.82. The minimum absolute atomic E-state index is 0.0101. The van der Waals surface area contributed by atoms with E-state index in [9.17, 15) is 18.0 Å². The highest BCUT2D eigenvalue weighted by molar-refractivity contribution is 8.00. The molecule has 1 aliphatic heterocycles. The average Bonchev–Trinajstić information content (AvgIpc) is 3.37. The van der Waals surface area contributed by atoms with Gasteiger partial charge in [-0.05, 0) is 37.8 Å². The van der Waals surface area contributed by atoms with Crippen LogP contribution >= 0.6 is 11.8 Å². The monoisotopic (exact) mass is 397 g/mol. The molecule has 10 heteroatoms. The van der Waals surface area contributed by atoms with Gasteiger partial charge in [-0.2, -0.15) is 13.2 Å². The summed E-state index contributed by atoms with van der Waals surface area (Å²) in [5.74, 6) is 0.490. The Labute approximate surface area is 158 Å². The second kappa shape index (κ2) is 7.14. The summed E-state index contributed by atoms with van der Waals surface area (Å²) < 4.78 is 40.4. The summed E-state index contributed by atoms with van der Waals surface area (Å²) in [6, 6.07) is 3.33. The summed E-state index contributed by atoms with van der Waals surface area (Å²) in [6.07, 6.45) is 6.86. The van der Waals surface area contributed by atoms with Crippen LogP contribution in [0.15, 0.2) is 29.7 Å². The third kappa shape index (κ3) is 4.10. The van der Waals surface area contributed by atoms with Crippen molar-refractivity contribution in [1.29, 1.82) is 0 Å². The molecule has 2 aromatic rings. The van der Waals surface area contributed by atoms with Crippen molar-refractivity contribution in [3.8, 4) is 0 Å². The molecule has 0 bridgehead atoms. The number of amides is 1. The van der Waals surface area contributed by atoms with Crippen LogP contribution in [0, 0.1) is 0 Å². The Morgan fingerprint density at radius 1 is 1.26 bits per heavy atom. The summed E-state index contributed by atoms with van der Waals surface area (Å²) >= 11 is -0.352. The minimum Gasteiger partial charge on any atom is -0.338 e. The zero-order chi connectivity index (χ0) is 19.0. The number of carbonyl (C=O) groups excluding carboxylic acids is 1. The topological polar surface area (TPSA) is 63.9 Å². The molecule has 0 radical (unpaired) electrons. The molecule has 1 atom stereocenters. The first-order valence-corrected chi connectivity index (χ1v) is 9.63. The number of hydrogen-bond acceptors (Lipinski definition) is 5. The van der Waals surface area contributed by atoms with Gasteiger partial charge >= 0.3 is 5.51 Å². The number of hydrogen-bond donors (Lipinski definition) is 0. The lowest BCUT2D eigenvalue weighted by atomic mass is 9.96. The smallest absolute Gasteiger partial charge is 0.338 e. The van der Waals surface area contributed by atoms with Crippen molar-refractivity contribution in [3.63, 3.8) is 0 Å². The summed E-state index contributed by atoms with van der Waals surface area (Å²) in [6.45, 7) is 0.938. The predicted molar refractivity (Wildman–Crippen MR) is 92.3 cm³/mol. The van der Waals surface area contributed by atoms with Crippen LogP contribution in [-0.4, -0.2) is 49.2 Å². The van der Waals surface area contributed by atoms with E-state index in [0.717, 1.165) is 31.5 Å². The molecule has 1 saturated carbocycles. The third-order valence-corrected chi connectivity index (χ3v) is 5.58. The van der Waals surface area contributed by atoms with Gasteiger partial charge in [-0.25, -0.2) is 4.98 Å². The Morgan fingerprint density at radius 2 is 2.07 bits per heavy atom. The number of alkyl halides is 3. The number of pyridine rings is 1. The van der Waals surface area contributed by atoms with Crippen LogP contribution in [-0.2, 0) is 0 Å². The lowest BCUT2D eigenvalue weighted by Crippen LogP contribution is -2.40. The maximum Gasteiger partial charge on any atom is 0.447 e. The van der Waals surface area contributed by atoms with Crippen LogP contribution < -0.4 is 0 Å². The molecule has 6 nitrogen and oxygen atoms in total. The van der Waals surface area contributed by atoms with Gasteiger partial charge in [-0.3, -0.25) is 4.79 Å². The van der Waals surface area contributed by atoms with Crippen molar-refractivity contribution < 1.29 is 18.0 Å². The molecule has 0 aromatic carbocycles. The maximum absolute atomic E-state index is 12.9. The van der Waals surface area contributed by atoms with Crippen molar-refractivity contribution in [3.05, 3.63) is 36.0 Å². The number of likely N-dealkylation sites (tertiary alicyclic amines) is 1. The van der Waals surface area contributed by atoms with E-state index in [1.807, 2.05) is 0 Å². The van der Waals surface area contributed by atoms with Crippen LogP contribution in [0.2, 0.25) is 0 Å². The molecular formula is C17H18F3N5OS. The molecular weight excluding hydrogens is 379 g/mol. The predicted octanol–water partition coefficient (Wildman–Crippen LogP) is 3.64. The highest BCUT2D eigenvalue weighted by Crippen LogP contribution is 2.39. The van der Waals surface area contributed by atoms with Crippen molar-refractivity contribution in [2.75, 3.05) is 13.1 Å². The lowest BCUT2D eigenvalue weighted by Gasteiger charge is -2.32. The van der Waals surface area contributed by atoms with Gasteiger partial charge in [0.1, 0.15) is 17.2 Å². The lowest BCUT2D eigenvalue weighted by molar-refractivity contribution is -0.0329. The van der Waals surface area contributed by atoms with E-state index >= 15 is 0 Å². The average molecular weight is 397 g/mol. The van der Waals surface area contributed by atoms with Gasteiger partial charge in [-0.1, -0.05) is 0 Å². The van der Waals surface area contributed by atoms with Gasteiger partial charge < -0.3 is 9.47 Å². The zero-order valence-corrected chi connectivity index (χ0v) is 15.2. The summed E-state index contributed by atoms with van der Waals surface area (Å²) in [7, 11) is 0. The van der Waals surface area contributed by atoms with Crippen molar-refractivity contribution >= 4 is 17.7 Å². The molecule has 0 N–H and O–H groups in total. The molecule has 0 spiro atoms. The van der Waals surface area contributed by atoms with Gasteiger partial charge in [-0.15, -0.1) is 10.2 Å². The fourth-order valence-corrected chi connectivity index (χ4v) is 4.06. The number of nitrogens with zero attached hydrogens (tertiary/aromatic N) is 5. The number of thioether (sulfide) groups is 1. The standard InChI is InChI=1S/C17H18F3N5OS/c18-17(19,20)27-15-13(4-1-7-21-15)16(26)24-8-2-3-11(9-24)14-23-22-10-25(14)12-5-6-12/h1,4,7,10-12H,2-3,5-6,8-9H2/t11-/m1/s1. The highest BCUT2D eigenvalue weighted by Gasteiger charge is 2.35. The highest BCUT2D eigenvalue weighted by atomic mass is 32.2. The summed E-state index contributed by atoms with van der Waals surface area (Å²) in [5.41, 5.74) is -4.50. The number of carbonyl (C=O) groups is 1. The molecule has 144 valence electrons. The van der Waals surface area contributed by atoms with E-state index in [-0.39, 0.29) is 28.3 Å². The third-order valence-electron chi connectivity index (χ3n) is 4.83. The fraction of sp³-hybridized carbons (Fsp3) is 0.529. The summed E-state index contributed by atoms with van der Waals surface area (Å²) in [5, 5.41) is 7.95. The number of piperidine rings is 1. The molecule has 1 amide bonds. The number of rotatable bonds is 4. The molecule has 3 heterocycles. The van der Waals surface area contributed by atoms with E-state index < -0.39 is 11.4 Å². The van der Waals surface area contributed by atoms with E-state index in [4.69, 9.17) is 0 Å². The molecule has 27 heavy (non-hydrogen) atoms.